The van der Waals surface area contributed by atoms with Gasteiger partial charge >= 0.3 is 5.97 Å². The third-order valence-corrected chi connectivity index (χ3v) is 4.28. The first-order valence-corrected chi connectivity index (χ1v) is 7.09. The minimum absolute atomic E-state index is 0.164. The monoisotopic (exact) mass is 276 g/mol. The number of rotatable bonds is 6. The van der Waals surface area contributed by atoms with Crippen molar-refractivity contribution in [3.05, 3.63) is 29.8 Å². The molecule has 2 rings (SSSR count). The highest BCUT2D eigenvalue weighted by Crippen LogP contribution is 2.41. The Morgan fingerprint density at radius 2 is 2.10 bits per heavy atom. The predicted molar refractivity (Wildman–Crippen MR) is 81.0 cm³/mol. The van der Waals surface area contributed by atoms with Crippen LogP contribution in [0.2, 0.25) is 0 Å². The topological polar surface area (TPSA) is 41.6 Å². The lowest BCUT2D eigenvalue weighted by molar-refractivity contribution is -0.149. The molecule has 110 valence electrons. The molecule has 0 bridgehead atoms. The Kier molecular flexibility index (Phi) is 4.33. The number of nitrogens with one attached hydrogen (secondary N) is 1. The molecule has 1 aliphatic rings. The van der Waals surface area contributed by atoms with Crippen molar-refractivity contribution in [2.45, 2.75) is 25.3 Å². The first-order chi connectivity index (χ1) is 9.55. The number of carbonyl (C=O) groups is 1. The highest BCUT2D eigenvalue weighted by atomic mass is 16.5. The number of hydrogen-bond donors (Lipinski definition) is 1. The van der Waals surface area contributed by atoms with Crippen LogP contribution in [-0.4, -0.2) is 39.3 Å². The van der Waals surface area contributed by atoms with Crippen LogP contribution in [0.3, 0.4) is 0 Å². The second-order valence-electron chi connectivity index (χ2n) is 5.63. The summed E-state index contributed by atoms with van der Waals surface area (Å²) in [4.78, 5) is 14.4. The van der Waals surface area contributed by atoms with Crippen LogP contribution in [-0.2, 0) is 9.53 Å². The van der Waals surface area contributed by atoms with E-state index in [0.29, 0.717) is 12.5 Å². The zero-order valence-corrected chi connectivity index (χ0v) is 12.8. The number of ether oxygens (including phenoxy) is 1. The molecule has 0 aliphatic heterocycles. The smallest absolute Gasteiger partial charge is 0.328 e. The van der Waals surface area contributed by atoms with Gasteiger partial charge in [-0.3, -0.25) is 0 Å². The van der Waals surface area contributed by atoms with Gasteiger partial charge in [-0.05, 0) is 44.4 Å². The molecule has 0 saturated heterocycles. The van der Waals surface area contributed by atoms with E-state index in [1.807, 2.05) is 26.2 Å². The SMILES string of the molecule is CNC(CN(C)c1ccccc1C)(C(=O)OC)C1CC1. The molecule has 1 atom stereocenters. The number of aryl methyl sites for hydroxylation is 1. The molecule has 1 saturated carbocycles. The average Bonchev–Trinajstić information content (AvgIpc) is 3.29. The highest BCUT2D eigenvalue weighted by Gasteiger charge is 2.51. The molecule has 0 amide bonds. The average molecular weight is 276 g/mol. The molecular weight excluding hydrogens is 252 g/mol. The minimum Gasteiger partial charge on any atom is -0.468 e. The molecule has 4 heteroatoms. The Hall–Kier alpha value is -1.55. The third kappa shape index (κ3) is 2.66. The van der Waals surface area contributed by atoms with Gasteiger partial charge in [0, 0.05) is 19.3 Å². The zero-order chi connectivity index (χ0) is 14.8. The Bertz CT molecular complexity index is 485. The number of nitrogens with zero attached hydrogens (tertiary/aromatic N) is 1. The fourth-order valence-electron chi connectivity index (χ4n) is 2.95. The van der Waals surface area contributed by atoms with Gasteiger partial charge < -0.3 is 15.0 Å². The van der Waals surface area contributed by atoms with Gasteiger partial charge in [0.1, 0.15) is 5.54 Å². The lowest BCUT2D eigenvalue weighted by atomic mass is 9.92. The number of benzene rings is 1. The van der Waals surface area contributed by atoms with E-state index in [-0.39, 0.29) is 5.97 Å². The number of hydrogen-bond acceptors (Lipinski definition) is 4. The van der Waals surface area contributed by atoms with Gasteiger partial charge in [-0.1, -0.05) is 18.2 Å². The van der Waals surface area contributed by atoms with Crippen LogP contribution < -0.4 is 10.2 Å². The molecule has 4 nitrogen and oxygen atoms in total. The summed E-state index contributed by atoms with van der Waals surface area (Å²) in [6, 6.07) is 8.22. The maximum atomic E-state index is 12.3. The molecule has 0 aromatic heterocycles. The Labute approximate surface area is 121 Å². The summed E-state index contributed by atoms with van der Waals surface area (Å²) in [5, 5.41) is 3.23. The highest BCUT2D eigenvalue weighted by molar-refractivity contribution is 5.83. The number of methoxy groups -OCH3 is 1. The van der Waals surface area contributed by atoms with E-state index in [1.165, 1.54) is 12.7 Å². The number of likely N-dealkylation sites (N-methyl/N-ethyl adjacent to an activating group) is 2. The molecule has 1 aliphatic carbocycles. The molecule has 0 radical (unpaired) electrons. The summed E-state index contributed by atoms with van der Waals surface area (Å²) < 4.78 is 5.05. The summed E-state index contributed by atoms with van der Waals surface area (Å²) in [5.41, 5.74) is 1.75. The molecule has 1 N–H and O–H groups in total. The van der Waals surface area contributed by atoms with Crippen LogP contribution in [0.15, 0.2) is 24.3 Å². The standard InChI is InChI=1S/C16H24N2O2/c1-12-7-5-6-8-14(12)18(3)11-16(17-2,13-9-10-13)15(19)20-4/h5-8,13,17H,9-11H2,1-4H3. The number of carbonyl (C=O) groups excluding carboxylic acids is 1. The molecule has 0 spiro atoms. The second kappa shape index (κ2) is 5.83. The maximum absolute atomic E-state index is 12.3. The van der Waals surface area contributed by atoms with Gasteiger partial charge in [0.05, 0.1) is 7.11 Å². The predicted octanol–water partition coefficient (Wildman–Crippen LogP) is 1.97. The number of anilines is 1. The Balaban J connectivity index is 2.24. The van der Waals surface area contributed by atoms with E-state index < -0.39 is 5.54 Å². The van der Waals surface area contributed by atoms with E-state index in [2.05, 4.69) is 29.3 Å². The van der Waals surface area contributed by atoms with E-state index in [9.17, 15) is 4.79 Å². The zero-order valence-electron chi connectivity index (χ0n) is 12.8. The molecular formula is C16H24N2O2. The van der Waals surface area contributed by atoms with E-state index in [1.54, 1.807) is 0 Å². The summed E-state index contributed by atoms with van der Waals surface area (Å²) in [6.07, 6.45) is 2.16. The fraction of sp³-hybridized carbons (Fsp3) is 0.562. The number of para-hydroxylation sites is 1. The van der Waals surface area contributed by atoms with Crippen LogP contribution >= 0.6 is 0 Å². The third-order valence-electron chi connectivity index (χ3n) is 4.28. The van der Waals surface area contributed by atoms with Crippen LogP contribution in [0.5, 0.6) is 0 Å². The number of esters is 1. The fourth-order valence-corrected chi connectivity index (χ4v) is 2.95. The molecule has 1 aromatic carbocycles. The molecule has 1 fully saturated rings. The van der Waals surface area contributed by atoms with Crippen molar-refractivity contribution in [1.82, 2.24) is 5.32 Å². The van der Waals surface area contributed by atoms with Crippen molar-refractivity contribution in [3.8, 4) is 0 Å². The second-order valence-corrected chi connectivity index (χ2v) is 5.63. The molecule has 1 aromatic rings. The molecule has 0 heterocycles. The van der Waals surface area contributed by atoms with Crippen molar-refractivity contribution < 1.29 is 9.53 Å². The van der Waals surface area contributed by atoms with Crippen molar-refractivity contribution in [1.29, 1.82) is 0 Å². The van der Waals surface area contributed by atoms with Gasteiger partial charge in [0.25, 0.3) is 0 Å². The van der Waals surface area contributed by atoms with Gasteiger partial charge in [-0.15, -0.1) is 0 Å². The van der Waals surface area contributed by atoms with Crippen LogP contribution in [0.4, 0.5) is 5.69 Å². The van der Waals surface area contributed by atoms with E-state index in [0.717, 1.165) is 18.5 Å². The normalized spacial score (nSPS) is 17.4. The summed E-state index contributed by atoms with van der Waals surface area (Å²) >= 11 is 0. The van der Waals surface area contributed by atoms with Gasteiger partial charge in [0.15, 0.2) is 0 Å². The van der Waals surface area contributed by atoms with Crippen molar-refractivity contribution in [2.75, 3.05) is 32.6 Å². The lowest BCUT2D eigenvalue weighted by Crippen LogP contribution is -2.59. The quantitative estimate of drug-likeness (QED) is 0.807. The summed E-state index contributed by atoms with van der Waals surface area (Å²) in [5.74, 6) is 0.203. The first-order valence-electron chi connectivity index (χ1n) is 7.09. The van der Waals surface area contributed by atoms with E-state index >= 15 is 0 Å². The maximum Gasteiger partial charge on any atom is 0.328 e. The van der Waals surface area contributed by atoms with Gasteiger partial charge in [-0.25, -0.2) is 4.79 Å². The van der Waals surface area contributed by atoms with Gasteiger partial charge in [-0.2, -0.15) is 0 Å². The summed E-state index contributed by atoms with van der Waals surface area (Å²) in [7, 11) is 5.34. The van der Waals surface area contributed by atoms with Gasteiger partial charge in [0.2, 0.25) is 0 Å². The van der Waals surface area contributed by atoms with Crippen LogP contribution in [0.1, 0.15) is 18.4 Å². The van der Waals surface area contributed by atoms with Crippen LogP contribution in [0.25, 0.3) is 0 Å². The van der Waals surface area contributed by atoms with E-state index in [4.69, 9.17) is 4.74 Å². The minimum atomic E-state index is -0.605. The van der Waals surface area contributed by atoms with Crippen molar-refractivity contribution in [3.63, 3.8) is 0 Å². The Morgan fingerprint density at radius 3 is 2.60 bits per heavy atom. The lowest BCUT2D eigenvalue weighted by Gasteiger charge is -2.36. The summed E-state index contributed by atoms with van der Waals surface area (Å²) in [6.45, 7) is 2.70. The molecule has 1 unspecified atom stereocenters. The van der Waals surface area contributed by atoms with Crippen molar-refractivity contribution in [2.24, 2.45) is 5.92 Å². The van der Waals surface area contributed by atoms with Crippen molar-refractivity contribution >= 4 is 11.7 Å². The first kappa shape index (κ1) is 14.9. The Morgan fingerprint density at radius 1 is 1.45 bits per heavy atom. The van der Waals surface area contributed by atoms with Crippen LogP contribution in [0, 0.1) is 12.8 Å². The molecule has 20 heavy (non-hydrogen) atoms. The largest absolute Gasteiger partial charge is 0.468 e.